The summed E-state index contributed by atoms with van der Waals surface area (Å²) in [5.74, 6) is 0.370. The van der Waals surface area contributed by atoms with Crippen molar-refractivity contribution in [2.24, 2.45) is 5.92 Å². The number of carbonyl (C=O) groups excluding carboxylic acids is 1. The number of amides is 1. The fraction of sp³-hybridized carbons (Fsp3) is 0.625. The summed E-state index contributed by atoms with van der Waals surface area (Å²) in [4.78, 5) is 18.5. The standard InChI is InChI=1S/C16H23ClN2O3/c1-10(2)22-15-14(17)7-13(8-18-15)16(21)19-6-4-5-12(9-19)11(3)20/h7-8,10-12,20H,4-6,9H2,1-3H3/t11-,12-/m0/s1. The first kappa shape index (κ1) is 17.0. The molecule has 122 valence electrons. The molecule has 1 aromatic rings. The van der Waals surface area contributed by atoms with Crippen LogP contribution in [0.4, 0.5) is 0 Å². The molecule has 0 unspecified atom stereocenters. The minimum absolute atomic E-state index is 0.0274. The number of likely N-dealkylation sites (tertiary alicyclic amines) is 1. The van der Waals surface area contributed by atoms with Gasteiger partial charge in [-0.3, -0.25) is 4.79 Å². The lowest BCUT2D eigenvalue weighted by atomic mass is 9.93. The summed E-state index contributed by atoms with van der Waals surface area (Å²) in [7, 11) is 0. The molecule has 0 radical (unpaired) electrons. The van der Waals surface area contributed by atoms with Crippen molar-refractivity contribution in [3.8, 4) is 5.88 Å². The van der Waals surface area contributed by atoms with Crippen molar-refractivity contribution >= 4 is 17.5 Å². The molecule has 0 aliphatic carbocycles. The summed E-state index contributed by atoms with van der Waals surface area (Å²) in [6.07, 6.45) is 2.91. The van der Waals surface area contributed by atoms with Gasteiger partial charge < -0.3 is 14.7 Å². The lowest BCUT2D eigenvalue weighted by molar-refractivity contribution is 0.0465. The summed E-state index contributed by atoms with van der Waals surface area (Å²) in [6, 6.07) is 1.60. The van der Waals surface area contributed by atoms with Crippen LogP contribution < -0.4 is 4.74 Å². The summed E-state index contributed by atoms with van der Waals surface area (Å²) in [6.45, 7) is 6.82. The van der Waals surface area contributed by atoms with Crippen LogP contribution in [0.15, 0.2) is 12.3 Å². The average Bonchev–Trinajstić information content (AvgIpc) is 2.48. The van der Waals surface area contributed by atoms with E-state index in [9.17, 15) is 9.90 Å². The lowest BCUT2D eigenvalue weighted by Crippen LogP contribution is -2.43. The Balaban J connectivity index is 2.10. The highest BCUT2D eigenvalue weighted by atomic mass is 35.5. The first-order valence-corrected chi connectivity index (χ1v) is 8.05. The molecule has 2 rings (SSSR count). The van der Waals surface area contributed by atoms with Crippen molar-refractivity contribution in [2.75, 3.05) is 13.1 Å². The van der Waals surface area contributed by atoms with Gasteiger partial charge in [-0.15, -0.1) is 0 Å². The van der Waals surface area contributed by atoms with Gasteiger partial charge in [0.15, 0.2) is 0 Å². The molecule has 1 aliphatic heterocycles. The molecule has 0 saturated carbocycles. The maximum atomic E-state index is 12.6. The van der Waals surface area contributed by atoms with E-state index in [1.54, 1.807) is 17.9 Å². The van der Waals surface area contributed by atoms with E-state index in [1.807, 2.05) is 13.8 Å². The van der Waals surface area contributed by atoms with E-state index < -0.39 is 6.10 Å². The van der Waals surface area contributed by atoms with Gasteiger partial charge in [0.05, 0.1) is 17.8 Å². The third-order valence-corrected chi connectivity index (χ3v) is 4.10. The SMILES string of the molecule is CC(C)Oc1ncc(C(=O)N2CCC[C@H]([C@H](C)O)C2)cc1Cl. The summed E-state index contributed by atoms with van der Waals surface area (Å²) < 4.78 is 5.47. The molecule has 1 N–H and O–H groups in total. The highest BCUT2D eigenvalue weighted by Gasteiger charge is 2.27. The van der Waals surface area contributed by atoms with Gasteiger partial charge in [-0.2, -0.15) is 0 Å². The predicted molar refractivity (Wildman–Crippen MR) is 85.3 cm³/mol. The number of ether oxygens (including phenoxy) is 1. The van der Waals surface area contributed by atoms with Gasteiger partial charge in [-0.1, -0.05) is 11.6 Å². The minimum atomic E-state index is -0.404. The summed E-state index contributed by atoms with van der Waals surface area (Å²) >= 11 is 6.14. The maximum Gasteiger partial charge on any atom is 0.255 e. The van der Waals surface area contributed by atoms with Crippen LogP contribution in [-0.4, -0.2) is 46.2 Å². The van der Waals surface area contributed by atoms with Crippen molar-refractivity contribution in [3.05, 3.63) is 22.8 Å². The number of nitrogens with zero attached hydrogens (tertiary/aromatic N) is 2. The molecule has 1 amide bonds. The van der Waals surface area contributed by atoms with Crippen molar-refractivity contribution < 1.29 is 14.6 Å². The molecule has 1 saturated heterocycles. The van der Waals surface area contributed by atoms with Crippen LogP contribution in [0.2, 0.25) is 5.02 Å². The predicted octanol–water partition coefficient (Wildman–Crippen LogP) is 2.76. The molecule has 6 heteroatoms. The minimum Gasteiger partial charge on any atom is -0.474 e. The first-order valence-electron chi connectivity index (χ1n) is 7.68. The first-order chi connectivity index (χ1) is 10.4. The number of pyridine rings is 1. The molecule has 1 aliphatic rings. The Morgan fingerprint density at radius 3 is 2.82 bits per heavy atom. The number of aliphatic hydroxyl groups excluding tert-OH is 1. The Morgan fingerprint density at radius 1 is 1.50 bits per heavy atom. The maximum absolute atomic E-state index is 12.6. The van der Waals surface area contributed by atoms with E-state index in [0.717, 1.165) is 12.8 Å². The monoisotopic (exact) mass is 326 g/mol. The molecule has 2 atom stereocenters. The molecule has 1 fully saturated rings. The Morgan fingerprint density at radius 2 is 2.23 bits per heavy atom. The van der Waals surface area contributed by atoms with Crippen LogP contribution in [0.1, 0.15) is 44.0 Å². The van der Waals surface area contributed by atoms with Gasteiger partial charge in [-0.05, 0) is 39.7 Å². The highest BCUT2D eigenvalue weighted by molar-refractivity contribution is 6.32. The van der Waals surface area contributed by atoms with Gasteiger partial charge in [-0.25, -0.2) is 4.98 Å². The smallest absolute Gasteiger partial charge is 0.255 e. The Kier molecular flexibility index (Phi) is 5.64. The van der Waals surface area contributed by atoms with Crippen LogP contribution >= 0.6 is 11.6 Å². The molecule has 1 aromatic heterocycles. The lowest BCUT2D eigenvalue weighted by Gasteiger charge is -2.34. The van der Waals surface area contributed by atoms with Crippen LogP contribution in [0.25, 0.3) is 0 Å². The number of halogens is 1. The molecule has 0 aromatic carbocycles. The number of aliphatic hydroxyl groups is 1. The third kappa shape index (κ3) is 4.11. The van der Waals surface area contributed by atoms with Crippen molar-refractivity contribution in [2.45, 2.75) is 45.8 Å². The second-order valence-electron chi connectivity index (χ2n) is 6.07. The molecule has 22 heavy (non-hydrogen) atoms. The molecular weight excluding hydrogens is 304 g/mol. The average molecular weight is 327 g/mol. The summed E-state index contributed by atoms with van der Waals surface area (Å²) in [5.41, 5.74) is 0.451. The van der Waals surface area contributed by atoms with E-state index >= 15 is 0 Å². The van der Waals surface area contributed by atoms with E-state index in [-0.39, 0.29) is 17.9 Å². The second-order valence-corrected chi connectivity index (χ2v) is 6.48. The highest BCUT2D eigenvalue weighted by Crippen LogP contribution is 2.26. The zero-order chi connectivity index (χ0) is 16.3. The van der Waals surface area contributed by atoms with Gasteiger partial charge >= 0.3 is 0 Å². The molecule has 2 heterocycles. The third-order valence-electron chi connectivity index (χ3n) is 3.83. The Labute approximate surface area is 136 Å². The number of carbonyl (C=O) groups is 1. The van der Waals surface area contributed by atoms with Crippen LogP contribution in [0, 0.1) is 5.92 Å². The van der Waals surface area contributed by atoms with Crippen molar-refractivity contribution in [1.29, 1.82) is 0 Å². The zero-order valence-electron chi connectivity index (χ0n) is 13.3. The summed E-state index contributed by atoms with van der Waals surface area (Å²) in [5, 5.41) is 10.1. The number of hydrogen-bond donors (Lipinski definition) is 1. The van der Waals surface area contributed by atoms with Gasteiger partial charge in [0.2, 0.25) is 5.88 Å². The van der Waals surface area contributed by atoms with Gasteiger partial charge in [0, 0.05) is 25.2 Å². The molecule has 5 nitrogen and oxygen atoms in total. The van der Waals surface area contributed by atoms with Crippen molar-refractivity contribution in [3.63, 3.8) is 0 Å². The topological polar surface area (TPSA) is 62.7 Å². The van der Waals surface area contributed by atoms with Crippen LogP contribution in [0.5, 0.6) is 5.88 Å². The van der Waals surface area contributed by atoms with E-state index in [1.165, 1.54) is 6.20 Å². The number of rotatable bonds is 4. The fourth-order valence-corrected chi connectivity index (χ4v) is 2.83. The molecule has 0 spiro atoms. The van der Waals surface area contributed by atoms with E-state index in [0.29, 0.717) is 29.6 Å². The van der Waals surface area contributed by atoms with E-state index in [4.69, 9.17) is 16.3 Å². The quantitative estimate of drug-likeness (QED) is 0.924. The fourth-order valence-electron chi connectivity index (χ4n) is 2.62. The largest absolute Gasteiger partial charge is 0.474 e. The van der Waals surface area contributed by atoms with Crippen LogP contribution in [0.3, 0.4) is 0 Å². The van der Waals surface area contributed by atoms with Gasteiger partial charge in [0.25, 0.3) is 5.91 Å². The van der Waals surface area contributed by atoms with Crippen LogP contribution in [-0.2, 0) is 0 Å². The van der Waals surface area contributed by atoms with E-state index in [2.05, 4.69) is 4.98 Å². The molecular formula is C16H23ClN2O3. The number of aromatic nitrogens is 1. The van der Waals surface area contributed by atoms with Crippen molar-refractivity contribution in [1.82, 2.24) is 9.88 Å². The molecule has 0 bridgehead atoms. The normalized spacial score (nSPS) is 20.1. The number of hydrogen-bond acceptors (Lipinski definition) is 4. The Hall–Kier alpha value is -1.33. The van der Waals surface area contributed by atoms with Gasteiger partial charge in [0.1, 0.15) is 5.02 Å². The number of piperidine rings is 1. The zero-order valence-corrected chi connectivity index (χ0v) is 14.0. The second kappa shape index (κ2) is 7.29. The Bertz CT molecular complexity index is 534.